The topological polar surface area (TPSA) is 85.9 Å². The molecule has 94 valence electrons. The molecule has 2 N–H and O–H groups in total. The fourth-order valence-electron chi connectivity index (χ4n) is 2.07. The Labute approximate surface area is 101 Å². The molecule has 1 aromatic heterocycles. The number of rotatable bonds is 3. The first kappa shape index (κ1) is 12.3. The average molecular weight is 255 g/mol. The van der Waals surface area contributed by atoms with Crippen molar-refractivity contribution >= 4 is 15.5 Å². The minimum absolute atomic E-state index is 0.0591. The van der Waals surface area contributed by atoms with Gasteiger partial charge in [-0.3, -0.25) is 0 Å². The Kier molecular flexibility index (Phi) is 3.33. The molecule has 2 rings (SSSR count). The van der Waals surface area contributed by atoms with E-state index in [1.54, 1.807) is 6.20 Å². The smallest absolute Gasteiger partial charge is 0.151 e. The van der Waals surface area contributed by atoms with Crippen molar-refractivity contribution in [3.05, 3.63) is 17.7 Å². The lowest BCUT2D eigenvalue weighted by molar-refractivity contribution is 0.601. The van der Waals surface area contributed by atoms with Crippen LogP contribution in [0.2, 0.25) is 0 Å². The average Bonchev–Trinajstić information content (AvgIpc) is 2.62. The van der Waals surface area contributed by atoms with Crippen LogP contribution in [0.3, 0.4) is 0 Å². The second kappa shape index (κ2) is 4.60. The Morgan fingerprint density at radius 2 is 2.29 bits per heavy atom. The van der Waals surface area contributed by atoms with Crippen LogP contribution < -0.4 is 5.73 Å². The van der Waals surface area contributed by atoms with E-state index in [1.807, 2.05) is 0 Å². The quantitative estimate of drug-likeness (QED) is 0.867. The van der Waals surface area contributed by atoms with E-state index in [-0.39, 0.29) is 17.4 Å². The molecular formula is C11H17N3O2S. The van der Waals surface area contributed by atoms with Gasteiger partial charge in [0.15, 0.2) is 9.84 Å². The predicted octanol–water partition coefficient (Wildman–Crippen LogP) is 0.913. The van der Waals surface area contributed by atoms with E-state index in [4.69, 9.17) is 5.73 Å². The van der Waals surface area contributed by atoms with Crippen LogP contribution in [0.25, 0.3) is 0 Å². The van der Waals surface area contributed by atoms with Gasteiger partial charge in [-0.15, -0.1) is 0 Å². The molecule has 6 heteroatoms. The highest BCUT2D eigenvalue weighted by atomic mass is 32.2. The molecule has 0 aliphatic carbocycles. The van der Waals surface area contributed by atoms with Crippen LogP contribution in [0.1, 0.15) is 37.2 Å². The van der Waals surface area contributed by atoms with Crippen molar-refractivity contribution in [3.63, 3.8) is 0 Å². The molecule has 1 fully saturated rings. The van der Waals surface area contributed by atoms with Crippen molar-refractivity contribution in [2.75, 3.05) is 17.2 Å². The molecule has 1 aliphatic heterocycles. The van der Waals surface area contributed by atoms with Crippen molar-refractivity contribution in [3.8, 4) is 0 Å². The highest BCUT2D eigenvalue weighted by molar-refractivity contribution is 7.91. The lowest BCUT2D eigenvalue weighted by Crippen LogP contribution is -2.10. The van der Waals surface area contributed by atoms with E-state index in [0.717, 1.165) is 18.5 Å². The van der Waals surface area contributed by atoms with Gasteiger partial charge < -0.3 is 5.73 Å². The highest BCUT2D eigenvalue weighted by Gasteiger charge is 2.31. The van der Waals surface area contributed by atoms with Crippen LogP contribution in [0.5, 0.6) is 0 Å². The Bertz CT molecular complexity index is 513. The van der Waals surface area contributed by atoms with Crippen LogP contribution in [0.15, 0.2) is 6.20 Å². The third-order valence-corrected chi connectivity index (χ3v) is 4.77. The van der Waals surface area contributed by atoms with Gasteiger partial charge in [-0.25, -0.2) is 18.4 Å². The zero-order valence-electron chi connectivity index (χ0n) is 9.89. The number of aromatic nitrogens is 2. The summed E-state index contributed by atoms with van der Waals surface area (Å²) >= 11 is 0. The zero-order chi connectivity index (χ0) is 12.5. The van der Waals surface area contributed by atoms with Gasteiger partial charge in [0.2, 0.25) is 0 Å². The summed E-state index contributed by atoms with van der Waals surface area (Å²) in [5.74, 6) is 0.983. The molecule has 1 aromatic rings. The van der Waals surface area contributed by atoms with Gasteiger partial charge in [0.1, 0.15) is 5.82 Å². The van der Waals surface area contributed by atoms with Crippen LogP contribution in [0.4, 0.5) is 5.69 Å². The SMILES string of the molecule is CCCc1nc(C2CCS(=O)(=O)C2)ncc1N. The van der Waals surface area contributed by atoms with Crippen molar-refractivity contribution in [2.24, 2.45) is 0 Å². The zero-order valence-corrected chi connectivity index (χ0v) is 10.7. The Hall–Kier alpha value is -1.17. The normalized spacial score (nSPS) is 22.8. The number of hydrogen-bond donors (Lipinski definition) is 1. The molecule has 2 heterocycles. The van der Waals surface area contributed by atoms with E-state index < -0.39 is 9.84 Å². The lowest BCUT2D eigenvalue weighted by Gasteiger charge is -2.09. The Balaban J connectivity index is 2.25. The maximum atomic E-state index is 11.4. The van der Waals surface area contributed by atoms with E-state index >= 15 is 0 Å². The standard InChI is InChI=1S/C11H17N3O2S/c1-2-3-10-9(12)6-13-11(14-10)8-4-5-17(15,16)7-8/h6,8H,2-5,7,12H2,1H3. The fraction of sp³-hybridized carbons (Fsp3) is 0.636. The summed E-state index contributed by atoms with van der Waals surface area (Å²) < 4.78 is 22.8. The molecule has 0 amide bonds. The summed E-state index contributed by atoms with van der Waals surface area (Å²) in [7, 11) is -2.89. The lowest BCUT2D eigenvalue weighted by atomic mass is 10.1. The van der Waals surface area contributed by atoms with E-state index in [0.29, 0.717) is 17.9 Å². The van der Waals surface area contributed by atoms with Crippen molar-refractivity contribution < 1.29 is 8.42 Å². The summed E-state index contributed by atoms with van der Waals surface area (Å²) in [4.78, 5) is 8.58. The summed E-state index contributed by atoms with van der Waals surface area (Å²) in [6.45, 7) is 2.06. The third kappa shape index (κ3) is 2.74. The molecule has 1 unspecified atom stereocenters. The minimum Gasteiger partial charge on any atom is -0.396 e. The third-order valence-electron chi connectivity index (χ3n) is 3.00. The summed E-state index contributed by atoms with van der Waals surface area (Å²) in [5.41, 5.74) is 7.21. The first-order chi connectivity index (χ1) is 8.02. The molecule has 0 bridgehead atoms. The molecule has 1 atom stereocenters. The molecule has 0 saturated carbocycles. The maximum Gasteiger partial charge on any atom is 0.151 e. The highest BCUT2D eigenvalue weighted by Crippen LogP contribution is 2.27. The van der Waals surface area contributed by atoms with Gasteiger partial charge in [-0.05, 0) is 12.8 Å². The summed E-state index contributed by atoms with van der Waals surface area (Å²) in [5, 5.41) is 0. The molecule has 17 heavy (non-hydrogen) atoms. The van der Waals surface area contributed by atoms with Crippen molar-refractivity contribution in [2.45, 2.75) is 32.1 Å². The second-order valence-corrected chi connectivity index (χ2v) is 6.71. The van der Waals surface area contributed by atoms with E-state index in [2.05, 4.69) is 16.9 Å². The van der Waals surface area contributed by atoms with Crippen LogP contribution in [0, 0.1) is 0 Å². The van der Waals surface area contributed by atoms with Crippen molar-refractivity contribution in [1.82, 2.24) is 9.97 Å². The number of aryl methyl sites for hydroxylation is 1. The molecule has 0 radical (unpaired) electrons. The number of sulfone groups is 1. The number of nitrogen functional groups attached to an aromatic ring is 1. The summed E-state index contributed by atoms with van der Waals surface area (Å²) in [6.07, 6.45) is 3.99. The van der Waals surface area contributed by atoms with Crippen LogP contribution in [-0.2, 0) is 16.3 Å². The Morgan fingerprint density at radius 3 is 2.88 bits per heavy atom. The fourth-order valence-corrected chi connectivity index (χ4v) is 3.81. The molecule has 0 aromatic carbocycles. The number of hydrogen-bond acceptors (Lipinski definition) is 5. The van der Waals surface area contributed by atoms with Crippen LogP contribution in [-0.4, -0.2) is 29.9 Å². The van der Waals surface area contributed by atoms with Gasteiger partial charge in [-0.1, -0.05) is 13.3 Å². The first-order valence-corrected chi connectivity index (χ1v) is 7.65. The van der Waals surface area contributed by atoms with Gasteiger partial charge in [0.05, 0.1) is 29.1 Å². The monoisotopic (exact) mass is 255 g/mol. The van der Waals surface area contributed by atoms with Gasteiger partial charge in [-0.2, -0.15) is 0 Å². The first-order valence-electron chi connectivity index (χ1n) is 5.83. The summed E-state index contributed by atoms with van der Waals surface area (Å²) in [6, 6.07) is 0. The second-order valence-electron chi connectivity index (χ2n) is 4.48. The Morgan fingerprint density at radius 1 is 1.53 bits per heavy atom. The van der Waals surface area contributed by atoms with Crippen LogP contribution >= 0.6 is 0 Å². The molecular weight excluding hydrogens is 238 g/mol. The number of nitrogens with two attached hydrogens (primary N) is 1. The molecule has 5 nitrogen and oxygen atoms in total. The van der Waals surface area contributed by atoms with Gasteiger partial charge >= 0.3 is 0 Å². The molecule has 1 saturated heterocycles. The van der Waals surface area contributed by atoms with Gasteiger partial charge in [0.25, 0.3) is 0 Å². The van der Waals surface area contributed by atoms with E-state index in [1.165, 1.54) is 0 Å². The molecule has 1 aliphatic rings. The van der Waals surface area contributed by atoms with Crippen molar-refractivity contribution in [1.29, 1.82) is 0 Å². The number of anilines is 1. The number of nitrogens with zero attached hydrogens (tertiary/aromatic N) is 2. The van der Waals surface area contributed by atoms with E-state index in [9.17, 15) is 8.42 Å². The predicted molar refractivity (Wildman–Crippen MR) is 66.5 cm³/mol. The largest absolute Gasteiger partial charge is 0.396 e. The van der Waals surface area contributed by atoms with Gasteiger partial charge in [0, 0.05) is 5.92 Å². The molecule has 0 spiro atoms. The maximum absolute atomic E-state index is 11.4. The minimum atomic E-state index is -2.89.